The van der Waals surface area contributed by atoms with Crippen LogP contribution in [0.1, 0.15) is 64.5 Å². The largest absolute Gasteiger partial charge is 0.462 e. The molecule has 2 heterocycles. The lowest BCUT2D eigenvalue weighted by Gasteiger charge is -2.26. The van der Waals surface area contributed by atoms with Crippen molar-refractivity contribution in [1.29, 1.82) is 0 Å². The number of halogens is 1. The number of nitrogens with one attached hydrogen (secondary N) is 2. The molecule has 2 N–H and O–H groups in total. The Labute approximate surface area is 208 Å². The summed E-state index contributed by atoms with van der Waals surface area (Å²) in [4.78, 5) is 9.29. The minimum atomic E-state index is -0.209. The molecule has 2 aliphatic rings. The molecule has 6 nitrogen and oxygen atoms in total. The maximum atomic E-state index is 13.2. The topological polar surface area (TPSA) is 67.2 Å². The first-order valence-electron chi connectivity index (χ1n) is 12.5. The Morgan fingerprint density at radius 2 is 1.20 bits per heavy atom. The summed E-state index contributed by atoms with van der Waals surface area (Å²) in [5.74, 6) is -0.209. The van der Waals surface area contributed by atoms with Crippen LogP contribution in [0.3, 0.4) is 0 Å². The summed E-state index contributed by atoms with van der Waals surface area (Å²) >= 11 is 0. The van der Waals surface area contributed by atoms with E-state index in [1.807, 2.05) is 12.1 Å². The molecule has 2 aromatic carbocycles. The van der Waals surface area contributed by atoms with E-state index in [1.54, 1.807) is 0 Å². The monoisotopic (exact) mass is 480 g/mol. The number of rotatable bonds is 8. The zero-order valence-corrected chi connectivity index (χ0v) is 21.2. The highest BCUT2D eigenvalue weighted by Crippen LogP contribution is 2.31. The third kappa shape index (κ3) is 6.74. The van der Waals surface area contributed by atoms with Crippen molar-refractivity contribution >= 4 is 12.0 Å². The lowest BCUT2D eigenvalue weighted by Crippen LogP contribution is -2.41. The van der Waals surface area contributed by atoms with E-state index in [0.29, 0.717) is 25.3 Å². The second kappa shape index (κ2) is 10.7. The Hall–Kier alpha value is -3.09. The molecule has 0 aliphatic carbocycles. The highest BCUT2D eigenvalue weighted by Gasteiger charge is 2.27. The smallest absolute Gasteiger partial charge is 0.304 e. The van der Waals surface area contributed by atoms with Crippen molar-refractivity contribution in [2.45, 2.75) is 76.3 Å². The van der Waals surface area contributed by atoms with E-state index in [-0.39, 0.29) is 28.7 Å². The van der Waals surface area contributed by atoms with Crippen LogP contribution in [0.25, 0.3) is 0 Å². The molecule has 1 unspecified atom stereocenters. The molecule has 0 amide bonds. The summed E-state index contributed by atoms with van der Waals surface area (Å²) in [7, 11) is 0. The lowest BCUT2D eigenvalue weighted by atomic mass is 9.80. The molecule has 0 bridgehead atoms. The van der Waals surface area contributed by atoms with Gasteiger partial charge in [-0.3, -0.25) is 0 Å². The van der Waals surface area contributed by atoms with E-state index >= 15 is 0 Å². The van der Waals surface area contributed by atoms with Crippen LogP contribution in [0.15, 0.2) is 64.6 Å². The molecule has 0 saturated carbocycles. The van der Waals surface area contributed by atoms with Crippen LogP contribution in [-0.4, -0.2) is 37.3 Å². The maximum Gasteiger partial charge on any atom is 0.304 e. The molecular formula is C28H37FN4O2. The van der Waals surface area contributed by atoms with Gasteiger partial charge in [0.2, 0.25) is 0 Å². The molecule has 2 aliphatic heterocycles. The van der Waals surface area contributed by atoms with Crippen LogP contribution >= 0.6 is 0 Å². The van der Waals surface area contributed by atoms with E-state index < -0.39 is 0 Å². The minimum absolute atomic E-state index is 0.0613. The van der Waals surface area contributed by atoms with Crippen LogP contribution < -0.4 is 10.9 Å². The van der Waals surface area contributed by atoms with Crippen molar-refractivity contribution in [2.24, 2.45) is 9.98 Å². The van der Waals surface area contributed by atoms with Crippen LogP contribution in [0.2, 0.25) is 0 Å². The van der Waals surface area contributed by atoms with Gasteiger partial charge in [-0.25, -0.2) is 25.2 Å². The molecule has 0 saturated heterocycles. The summed E-state index contributed by atoms with van der Waals surface area (Å²) in [6, 6.07) is 18.5. The first-order chi connectivity index (χ1) is 16.7. The highest BCUT2D eigenvalue weighted by atomic mass is 19.1. The summed E-state index contributed by atoms with van der Waals surface area (Å²) in [6.07, 6.45) is 3.79. The predicted molar refractivity (Wildman–Crippen MR) is 138 cm³/mol. The standard InChI is InChI=1S/C28H37FN4O2/c1-27(2,20-8-6-5-7-9-20)16-14-23-18-34-25(30-23)32-33-26-31-24(19-35-26)15-17-28(3,4)21-10-12-22(29)13-11-21/h5-13,23-24H,14-19H2,1-4H3,(H,30,32)(H,31,33)/t23?,24-/m0/s1. The number of amidine groups is 2. The molecule has 2 aromatic rings. The molecule has 2 atom stereocenters. The minimum Gasteiger partial charge on any atom is -0.462 e. The number of ether oxygens (including phenoxy) is 2. The quantitative estimate of drug-likeness (QED) is 0.507. The van der Waals surface area contributed by atoms with E-state index in [2.05, 4.69) is 78.9 Å². The maximum absolute atomic E-state index is 13.2. The van der Waals surface area contributed by atoms with Gasteiger partial charge in [0.05, 0.1) is 12.1 Å². The van der Waals surface area contributed by atoms with Gasteiger partial charge in [0, 0.05) is 0 Å². The van der Waals surface area contributed by atoms with Gasteiger partial charge < -0.3 is 9.47 Å². The van der Waals surface area contributed by atoms with Crippen LogP contribution in [0.5, 0.6) is 0 Å². The summed E-state index contributed by atoms with van der Waals surface area (Å²) in [6.45, 7) is 10.0. The summed E-state index contributed by atoms with van der Waals surface area (Å²) in [5.41, 5.74) is 8.48. The summed E-state index contributed by atoms with van der Waals surface area (Å²) in [5, 5.41) is 0. The number of hydrogen-bond acceptors (Lipinski definition) is 6. The van der Waals surface area contributed by atoms with Gasteiger partial charge in [-0.05, 0) is 59.8 Å². The third-order valence-corrected chi connectivity index (χ3v) is 7.09. The Kier molecular flexibility index (Phi) is 7.63. The van der Waals surface area contributed by atoms with Gasteiger partial charge in [0.1, 0.15) is 19.0 Å². The van der Waals surface area contributed by atoms with Crippen LogP contribution in [-0.2, 0) is 20.3 Å². The fourth-order valence-electron chi connectivity index (χ4n) is 4.50. The van der Waals surface area contributed by atoms with Crippen molar-refractivity contribution in [1.82, 2.24) is 10.9 Å². The fourth-order valence-corrected chi connectivity index (χ4v) is 4.50. The van der Waals surface area contributed by atoms with Gasteiger partial charge in [-0.15, -0.1) is 0 Å². The molecule has 0 radical (unpaired) electrons. The zero-order valence-electron chi connectivity index (χ0n) is 21.2. The first-order valence-corrected chi connectivity index (χ1v) is 12.5. The van der Waals surface area contributed by atoms with Gasteiger partial charge >= 0.3 is 12.0 Å². The first kappa shape index (κ1) is 25.0. The molecule has 35 heavy (non-hydrogen) atoms. The van der Waals surface area contributed by atoms with E-state index in [4.69, 9.17) is 9.47 Å². The van der Waals surface area contributed by atoms with Crippen molar-refractivity contribution in [2.75, 3.05) is 13.2 Å². The normalized spacial score (nSPS) is 20.0. The second-order valence-electron chi connectivity index (χ2n) is 10.8. The number of aliphatic imine (C=N–C) groups is 2. The van der Waals surface area contributed by atoms with Crippen LogP contribution in [0.4, 0.5) is 4.39 Å². The number of hydrazine groups is 1. The summed E-state index contributed by atoms with van der Waals surface area (Å²) < 4.78 is 24.6. The lowest BCUT2D eigenvalue weighted by molar-refractivity contribution is 0.277. The number of hydrogen-bond donors (Lipinski definition) is 2. The van der Waals surface area contributed by atoms with E-state index in [1.165, 1.54) is 17.7 Å². The van der Waals surface area contributed by atoms with Gasteiger partial charge in [-0.2, -0.15) is 0 Å². The molecular weight excluding hydrogens is 443 g/mol. The Morgan fingerprint density at radius 3 is 1.69 bits per heavy atom. The number of benzene rings is 2. The molecule has 0 spiro atoms. The molecule has 7 heteroatoms. The van der Waals surface area contributed by atoms with E-state index in [0.717, 1.165) is 31.2 Å². The van der Waals surface area contributed by atoms with E-state index in [9.17, 15) is 4.39 Å². The molecule has 188 valence electrons. The SMILES string of the molecule is CC(C)(CCC1COC(NNC2=N[C@@H](CCC(C)(C)c3ccc(F)cc3)CO2)=N1)c1ccccc1. The second-order valence-corrected chi connectivity index (χ2v) is 10.8. The number of nitrogens with zero attached hydrogens (tertiary/aromatic N) is 2. The van der Waals surface area contributed by atoms with Crippen molar-refractivity contribution in [3.63, 3.8) is 0 Å². The third-order valence-electron chi connectivity index (χ3n) is 7.09. The average Bonchev–Trinajstić information content (AvgIpc) is 3.50. The molecule has 0 fully saturated rings. The fraction of sp³-hybridized carbons (Fsp3) is 0.500. The van der Waals surface area contributed by atoms with Gasteiger partial charge in [0.15, 0.2) is 0 Å². The molecule has 4 rings (SSSR count). The average molecular weight is 481 g/mol. The van der Waals surface area contributed by atoms with Gasteiger partial charge in [0.25, 0.3) is 0 Å². The Balaban J connectivity index is 1.20. The van der Waals surface area contributed by atoms with Gasteiger partial charge in [-0.1, -0.05) is 70.2 Å². The zero-order chi connectivity index (χ0) is 24.9. The van der Waals surface area contributed by atoms with Crippen molar-refractivity contribution in [3.8, 4) is 0 Å². The molecule has 0 aromatic heterocycles. The van der Waals surface area contributed by atoms with Crippen molar-refractivity contribution < 1.29 is 13.9 Å². The van der Waals surface area contributed by atoms with Crippen molar-refractivity contribution in [3.05, 3.63) is 71.5 Å². The Morgan fingerprint density at radius 1 is 0.743 bits per heavy atom. The van der Waals surface area contributed by atoms with Crippen LogP contribution in [0, 0.1) is 5.82 Å². The predicted octanol–water partition coefficient (Wildman–Crippen LogP) is 5.25. The highest BCUT2D eigenvalue weighted by molar-refractivity contribution is 5.81. The Bertz CT molecular complexity index is 1030.